The highest BCUT2D eigenvalue weighted by atomic mass is 16.5. The van der Waals surface area contributed by atoms with E-state index >= 15 is 0 Å². The first-order chi connectivity index (χ1) is 8.79. The van der Waals surface area contributed by atoms with Gasteiger partial charge in [-0.1, -0.05) is 30.3 Å². The van der Waals surface area contributed by atoms with Gasteiger partial charge in [-0.05, 0) is 6.92 Å². The molecule has 2 aromatic heterocycles. The normalized spacial score (nSPS) is 10.8. The minimum Gasteiger partial charge on any atom is -0.479 e. The first-order valence-electron chi connectivity index (χ1n) is 5.73. The molecule has 0 amide bonds. The van der Waals surface area contributed by atoms with Crippen LogP contribution in [0, 0.1) is 6.92 Å². The highest BCUT2D eigenvalue weighted by Crippen LogP contribution is 2.24. The van der Waals surface area contributed by atoms with E-state index in [9.17, 15) is 0 Å². The topological polar surface area (TPSA) is 39.4 Å². The van der Waals surface area contributed by atoms with Crippen LogP contribution in [-0.4, -0.2) is 21.5 Å². The Morgan fingerprint density at radius 3 is 2.67 bits per heavy atom. The number of fused-ring (bicyclic) bond motifs is 1. The van der Waals surface area contributed by atoms with Crippen molar-refractivity contribution in [1.29, 1.82) is 0 Å². The molecule has 18 heavy (non-hydrogen) atoms. The summed E-state index contributed by atoms with van der Waals surface area (Å²) in [7, 11) is 1.62. The highest BCUT2D eigenvalue weighted by molar-refractivity contribution is 5.65. The summed E-state index contributed by atoms with van der Waals surface area (Å²) in [6.07, 6.45) is 3.75. The summed E-state index contributed by atoms with van der Waals surface area (Å²) < 4.78 is 7.30. The number of imidazole rings is 1. The van der Waals surface area contributed by atoms with Crippen LogP contribution in [0.25, 0.3) is 16.9 Å². The molecule has 0 atom stereocenters. The molecule has 0 saturated heterocycles. The molecule has 4 nitrogen and oxygen atoms in total. The van der Waals surface area contributed by atoms with Gasteiger partial charge in [0.25, 0.3) is 0 Å². The lowest BCUT2D eigenvalue weighted by Crippen LogP contribution is -1.97. The molecule has 0 aliphatic carbocycles. The quantitative estimate of drug-likeness (QED) is 0.690. The summed E-state index contributed by atoms with van der Waals surface area (Å²) in [5.74, 6) is 1.50. The van der Waals surface area contributed by atoms with Crippen molar-refractivity contribution in [2.24, 2.45) is 0 Å². The average molecular weight is 239 g/mol. The molecule has 0 bridgehead atoms. The molecule has 0 radical (unpaired) electrons. The summed E-state index contributed by atoms with van der Waals surface area (Å²) in [5.41, 5.74) is 2.85. The van der Waals surface area contributed by atoms with Crippen molar-refractivity contribution in [3.05, 3.63) is 48.4 Å². The van der Waals surface area contributed by atoms with Gasteiger partial charge in [0.2, 0.25) is 5.88 Å². The number of aryl methyl sites for hydroxylation is 1. The molecule has 0 spiro atoms. The van der Waals surface area contributed by atoms with Crippen LogP contribution in [0.5, 0.6) is 5.88 Å². The number of hydrogen-bond donors (Lipinski definition) is 0. The maximum absolute atomic E-state index is 5.29. The smallest absolute Gasteiger partial charge is 0.239 e. The zero-order chi connectivity index (χ0) is 12.5. The van der Waals surface area contributed by atoms with E-state index in [1.807, 2.05) is 47.9 Å². The van der Waals surface area contributed by atoms with Crippen LogP contribution in [0.2, 0.25) is 0 Å². The molecule has 4 heteroatoms. The van der Waals surface area contributed by atoms with Crippen molar-refractivity contribution < 1.29 is 4.74 Å². The lowest BCUT2D eigenvalue weighted by molar-refractivity contribution is 0.400. The predicted molar refractivity (Wildman–Crippen MR) is 69.7 cm³/mol. The van der Waals surface area contributed by atoms with Gasteiger partial charge in [-0.25, -0.2) is 9.97 Å². The largest absolute Gasteiger partial charge is 0.479 e. The first kappa shape index (κ1) is 10.8. The second-order valence-electron chi connectivity index (χ2n) is 4.09. The number of methoxy groups -OCH3 is 1. The number of benzene rings is 1. The third-order valence-corrected chi connectivity index (χ3v) is 2.84. The van der Waals surface area contributed by atoms with E-state index in [2.05, 4.69) is 9.97 Å². The van der Waals surface area contributed by atoms with E-state index < -0.39 is 0 Å². The van der Waals surface area contributed by atoms with E-state index in [1.165, 1.54) is 0 Å². The van der Waals surface area contributed by atoms with Gasteiger partial charge >= 0.3 is 0 Å². The zero-order valence-corrected chi connectivity index (χ0v) is 10.3. The van der Waals surface area contributed by atoms with Crippen molar-refractivity contribution in [2.45, 2.75) is 6.92 Å². The van der Waals surface area contributed by atoms with Gasteiger partial charge in [0.15, 0.2) is 0 Å². The van der Waals surface area contributed by atoms with Crippen LogP contribution in [0.1, 0.15) is 5.69 Å². The monoisotopic (exact) mass is 239 g/mol. The Hall–Kier alpha value is -2.36. The molecule has 2 heterocycles. The molecule has 3 rings (SSSR count). The Balaban J connectivity index is 2.30. The molecule has 0 unspecified atom stereocenters. The maximum Gasteiger partial charge on any atom is 0.239 e. The lowest BCUT2D eigenvalue weighted by Gasteiger charge is -2.05. The van der Waals surface area contributed by atoms with Gasteiger partial charge in [0, 0.05) is 11.8 Å². The fourth-order valence-electron chi connectivity index (χ4n) is 2.03. The van der Waals surface area contributed by atoms with Gasteiger partial charge in [-0.3, -0.25) is 4.40 Å². The number of aromatic nitrogens is 3. The number of rotatable bonds is 2. The first-order valence-corrected chi connectivity index (χ1v) is 5.73. The van der Waals surface area contributed by atoms with Gasteiger partial charge in [-0.2, -0.15) is 0 Å². The van der Waals surface area contributed by atoms with Crippen molar-refractivity contribution in [3.8, 4) is 17.3 Å². The van der Waals surface area contributed by atoms with Crippen LogP contribution in [0.15, 0.2) is 42.7 Å². The Labute approximate surface area is 105 Å². The Morgan fingerprint density at radius 2 is 1.94 bits per heavy atom. The van der Waals surface area contributed by atoms with E-state index in [1.54, 1.807) is 13.3 Å². The molecule has 0 aliphatic heterocycles. The van der Waals surface area contributed by atoms with Crippen LogP contribution < -0.4 is 4.74 Å². The SMILES string of the molecule is COc1nc(C)cn2c(-c3ccccc3)ncc12. The average Bonchev–Trinajstić information content (AvgIpc) is 2.82. The summed E-state index contributed by atoms with van der Waals surface area (Å²) in [5, 5.41) is 0. The molecule has 0 saturated carbocycles. The molecule has 0 aliphatic rings. The fraction of sp³-hybridized carbons (Fsp3) is 0.143. The lowest BCUT2D eigenvalue weighted by atomic mass is 10.2. The molecule has 90 valence electrons. The summed E-state index contributed by atoms with van der Waals surface area (Å²) in [6, 6.07) is 10.1. The molecule has 3 aromatic rings. The van der Waals surface area contributed by atoms with Crippen molar-refractivity contribution >= 4 is 5.52 Å². The van der Waals surface area contributed by atoms with Gasteiger partial charge in [0.1, 0.15) is 11.3 Å². The molecular weight excluding hydrogens is 226 g/mol. The van der Waals surface area contributed by atoms with E-state index in [-0.39, 0.29) is 0 Å². The van der Waals surface area contributed by atoms with Crippen LogP contribution in [0.3, 0.4) is 0 Å². The van der Waals surface area contributed by atoms with E-state index in [0.717, 1.165) is 22.6 Å². The standard InChI is InChI=1S/C14H13N3O/c1-10-9-17-12(14(16-10)18-2)8-15-13(17)11-6-4-3-5-7-11/h3-9H,1-2H3. The number of nitrogens with zero attached hydrogens (tertiary/aromatic N) is 3. The fourth-order valence-corrected chi connectivity index (χ4v) is 2.03. The van der Waals surface area contributed by atoms with E-state index in [0.29, 0.717) is 5.88 Å². The van der Waals surface area contributed by atoms with E-state index in [4.69, 9.17) is 4.74 Å². The Kier molecular flexibility index (Phi) is 2.48. The molecule has 1 aromatic carbocycles. The number of ether oxygens (including phenoxy) is 1. The number of hydrogen-bond acceptors (Lipinski definition) is 3. The summed E-state index contributed by atoms with van der Waals surface area (Å²) >= 11 is 0. The van der Waals surface area contributed by atoms with Crippen molar-refractivity contribution in [3.63, 3.8) is 0 Å². The minimum absolute atomic E-state index is 0.602. The Morgan fingerprint density at radius 1 is 1.17 bits per heavy atom. The molecule has 0 fully saturated rings. The maximum atomic E-state index is 5.29. The summed E-state index contributed by atoms with van der Waals surface area (Å²) in [6.45, 7) is 1.94. The summed E-state index contributed by atoms with van der Waals surface area (Å²) in [4.78, 5) is 8.80. The van der Waals surface area contributed by atoms with Crippen LogP contribution >= 0.6 is 0 Å². The third-order valence-electron chi connectivity index (χ3n) is 2.84. The minimum atomic E-state index is 0.602. The predicted octanol–water partition coefficient (Wildman–Crippen LogP) is 2.71. The highest BCUT2D eigenvalue weighted by Gasteiger charge is 2.11. The van der Waals surface area contributed by atoms with Gasteiger partial charge in [0.05, 0.1) is 19.0 Å². The van der Waals surface area contributed by atoms with Crippen LogP contribution in [0.4, 0.5) is 0 Å². The Bertz CT molecular complexity index is 689. The van der Waals surface area contributed by atoms with Gasteiger partial charge < -0.3 is 4.74 Å². The molecular formula is C14H13N3O. The second kappa shape index (κ2) is 4.14. The van der Waals surface area contributed by atoms with Gasteiger partial charge in [-0.15, -0.1) is 0 Å². The zero-order valence-electron chi connectivity index (χ0n) is 10.3. The molecule has 0 N–H and O–H groups in total. The van der Waals surface area contributed by atoms with Crippen LogP contribution in [-0.2, 0) is 0 Å². The second-order valence-corrected chi connectivity index (χ2v) is 4.09. The third kappa shape index (κ3) is 1.62. The van der Waals surface area contributed by atoms with Crippen molar-refractivity contribution in [1.82, 2.24) is 14.4 Å². The van der Waals surface area contributed by atoms with Crippen molar-refractivity contribution in [2.75, 3.05) is 7.11 Å².